The number of benzene rings is 1. The molecule has 3 heteroatoms. The average molecular weight is 214 g/mol. The van der Waals surface area contributed by atoms with Crippen LogP contribution >= 0.6 is 11.6 Å². The predicted molar refractivity (Wildman–Crippen MR) is 56.1 cm³/mol. The van der Waals surface area contributed by atoms with Crippen molar-refractivity contribution in [1.82, 2.24) is 5.32 Å². The van der Waals surface area contributed by atoms with Crippen molar-refractivity contribution in [2.45, 2.75) is 25.8 Å². The molecule has 1 nitrogen and oxygen atoms in total. The molecule has 0 radical (unpaired) electrons. The van der Waals surface area contributed by atoms with Gasteiger partial charge in [-0.05, 0) is 42.6 Å². The Kier molecular flexibility index (Phi) is 2.75. The van der Waals surface area contributed by atoms with Crippen LogP contribution in [0.1, 0.15) is 30.5 Å². The molecule has 0 aromatic heterocycles. The summed E-state index contributed by atoms with van der Waals surface area (Å²) in [5.74, 6) is -0.231. The Morgan fingerprint density at radius 3 is 3.07 bits per heavy atom. The maximum Gasteiger partial charge on any atom is 0.124 e. The molecule has 0 spiro atoms. The lowest BCUT2D eigenvalue weighted by Crippen LogP contribution is -2.29. The number of nitrogens with one attached hydrogen (secondary N) is 1. The molecular weight excluding hydrogens is 201 g/mol. The van der Waals surface area contributed by atoms with E-state index in [-0.39, 0.29) is 11.9 Å². The average Bonchev–Trinajstić information content (AvgIpc) is 2.16. The van der Waals surface area contributed by atoms with E-state index in [1.54, 1.807) is 6.07 Å². The maximum atomic E-state index is 13.1. The normalized spacial score (nSPS) is 20.6. The van der Waals surface area contributed by atoms with E-state index in [2.05, 4.69) is 12.2 Å². The smallest absolute Gasteiger partial charge is 0.124 e. The third kappa shape index (κ3) is 1.64. The minimum atomic E-state index is -0.231. The molecule has 1 aromatic rings. The van der Waals surface area contributed by atoms with E-state index in [0.29, 0.717) is 5.02 Å². The van der Waals surface area contributed by atoms with Gasteiger partial charge in [-0.2, -0.15) is 0 Å². The van der Waals surface area contributed by atoms with Crippen molar-refractivity contribution in [1.29, 1.82) is 0 Å². The van der Waals surface area contributed by atoms with Crippen LogP contribution in [-0.2, 0) is 6.42 Å². The second kappa shape index (κ2) is 3.87. The highest BCUT2D eigenvalue weighted by atomic mass is 35.5. The first kappa shape index (κ1) is 9.94. The summed E-state index contributed by atoms with van der Waals surface area (Å²) in [6.45, 7) is 3.01. The third-order valence-corrected chi connectivity index (χ3v) is 3.03. The summed E-state index contributed by atoms with van der Waals surface area (Å²) in [4.78, 5) is 0. The second-order valence-electron chi connectivity index (χ2n) is 3.63. The second-order valence-corrected chi connectivity index (χ2v) is 4.03. The molecule has 1 aromatic carbocycles. The predicted octanol–water partition coefficient (Wildman–Crippen LogP) is 3.08. The van der Waals surface area contributed by atoms with E-state index >= 15 is 0 Å². The van der Waals surface area contributed by atoms with E-state index in [0.717, 1.165) is 30.5 Å². The molecule has 0 fully saturated rings. The van der Waals surface area contributed by atoms with E-state index < -0.39 is 0 Å². The molecule has 1 unspecified atom stereocenters. The van der Waals surface area contributed by atoms with Gasteiger partial charge in [0.05, 0.1) is 0 Å². The zero-order valence-electron chi connectivity index (χ0n) is 8.11. The first-order valence-corrected chi connectivity index (χ1v) is 5.31. The van der Waals surface area contributed by atoms with Crippen LogP contribution in [0.5, 0.6) is 0 Å². The summed E-state index contributed by atoms with van der Waals surface area (Å²) < 4.78 is 13.1. The van der Waals surface area contributed by atoms with Gasteiger partial charge < -0.3 is 5.32 Å². The number of hydrogen-bond donors (Lipinski definition) is 1. The molecule has 0 saturated heterocycles. The largest absolute Gasteiger partial charge is 0.310 e. The SMILES string of the molecule is CCC1NCCc2cc(F)cc(Cl)c21. The van der Waals surface area contributed by atoms with Gasteiger partial charge in [0, 0.05) is 11.1 Å². The fourth-order valence-electron chi connectivity index (χ4n) is 2.07. The molecule has 0 aliphatic carbocycles. The third-order valence-electron chi connectivity index (χ3n) is 2.72. The fraction of sp³-hybridized carbons (Fsp3) is 0.455. The zero-order valence-corrected chi connectivity index (χ0v) is 8.87. The van der Waals surface area contributed by atoms with Crippen LogP contribution in [0.15, 0.2) is 12.1 Å². The van der Waals surface area contributed by atoms with Gasteiger partial charge in [-0.25, -0.2) is 4.39 Å². The molecule has 1 atom stereocenters. The van der Waals surface area contributed by atoms with Gasteiger partial charge in [0.25, 0.3) is 0 Å². The van der Waals surface area contributed by atoms with Gasteiger partial charge in [-0.1, -0.05) is 18.5 Å². The molecule has 0 saturated carbocycles. The van der Waals surface area contributed by atoms with Crippen LogP contribution in [0, 0.1) is 5.82 Å². The van der Waals surface area contributed by atoms with Crippen molar-refractivity contribution >= 4 is 11.6 Å². The van der Waals surface area contributed by atoms with Crippen molar-refractivity contribution in [3.05, 3.63) is 34.1 Å². The zero-order chi connectivity index (χ0) is 10.1. The van der Waals surface area contributed by atoms with Crippen molar-refractivity contribution in [3.8, 4) is 0 Å². The number of halogens is 2. The summed E-state index contributed by atoms with van der Waals surface area (Å²) in [6.07, 6.45) is 1.85. The molecule has 1 aliphatic rings. The highest BCUT2D eigenvalue weighted by Gasteiger charge is 2.21. The van der Waals surface area contributed by atoms with Crippen LogP contribution in [0.25, 0.3) is 0 Å². The Hall–Kier alpha value is -0.600. The van der Waals surface area contributed by atoms with Gasteiger partial charge >= 0.3 is 0 Å². The molecule has 2 rings (SSSR count). The van der Waals surface area contributed by atoms with Crippen molar-refractivity contribution in [3.63, 3.8) is 0 Å². The quantitative estimate of drug-likeness (QED) is 0.756. The van der Waals surface area contributed by atoms with Crippen LogP contribution in [0.4, 0.5) is 4.39 Å². The summed E-state index contributed by atoms with van der Waals surface area (Å²) in [5, 5.41) is 3.93. The van der Waals surface area contributed by atoms with Crippen molar-refractivity contribution in [2.75, 3.05) is 6.54 Å². The van der Waals surface area contributed by atoms with Crippen molar-refractivity contribution in [2.24, 2.45) is 0 Å². The molecule has 0 amide bonds. The molecule has 14 heavy (non-hydrogen) atoms. The molecule has 1 heterocycles. The van der Waals surface area contributed by atoms with Crippen LogP contribution in [0.3, 0.4) is 0 Å². The molecular formula is C11H13ClFN. The Balaban J connectivity index is 2.51. The number of rotatable bonds is 1. The Bertz CT molecular complexity index is 351. The van der Waals surface area contributed by atoms with Crippen LogP contribution in [-0.4, -0.2) is 6.54 Å². The Morgan fingerprint density at radius 1 is 1.57 bits per heavy atom. The van der Waals surface area contributed by atoms with Crippen LogP contribution < -0.4 is 5.32 Å². The highest BCUT2D eigenvalue weighted by Crippen LogP contribution is 2.32. The lowest BCUT2D eigenvalue weighted by molar-refractivity contribution is 0.489. The number of fused-ring (bicyclic) bond motifs is 1. The molecule has 1 aliphatic heterocycles. The van der Waals surface area contributed by atoms with E-state index in [1.165, 1.54) is 6.07 Å². The van der Waals surface area contributed by atoms with E-state index in [4.69, 9.17) is 11.6 Å². The fourth-order valence-corrected chi connectivity index (χ4v) is 2.42. The minimum absolute atomic E-state index is 0.231. The molecule has 76 valence electrons. The van der Waals surface area contributed by atoms with Gasteiger partial charge in [0.1, 0.15) is 5.82 Å². The summed E-state index contributed by atoms with van der Waals surface area (Å²) in [7, 11) is 0. The maximum absolute atomic E-state index is 13.1. The minimum Gasteiger partial charge on any atom is -0.310 e. The van der Waals surface area contributed by atoms with Crippen LogP contribution in [0.2, 0.25) is 5.02 Å². The van der Waals surface area contributed by atoms with Gasteiger partial charge in [-0.3, -0.25) is 0 Å². The lowest BCUT2D eigenvalue weighted by atomic mass is 9.93. The van der Waals surface area contributed by atoms with Gasteiger partial charge in [-0.15, -0.1) is 0 Å². The van der Waals surface area contributed by atoms with E-state index in [1.807, 2.05) is 0 Å². The highest BCUT2D eigenvalue weighted by molar-refractivity contribution is 6.31. The van der Waals surface area contributed by atoms with E-state index in [9.17, 15) is 4.39 Å². The number of hydrogen-bond acceptors (Lipinski definition) is 1. The van der Waals surface area contributed by atoms with Gasteiger partial charge in [0.2, 0.25) is 0 Å². The lowest BCUT2D eigenvalue weighted by Gasteiger charge is -2.27. The first-order chi connectivity index (χ1) is 6.72. The van der Waals surface area contributed by atoms with Gasteiger partial charge in [0.15, 0.2) is 0 Å². The standard InChI is InChI=1S/C11H13ClFN/c1-2-10-11-7(3-4-14-10)5-8(13)6-9(11)12/h5-6,10,14H,2-4H2,1H3. The summed E-state index contributed by atoms with van der Waals surface area (Å²) in [6, 6.07) is 3.28. The van der Waals surface area contributed by atoms with Crippen molar-refractivity contribution < 1.29 is 4.39 Å². The summed E-state index contributed by atoms with van der Waals surface area (Å²) >= 11 is 6.04. The monoisotopic (exact) mass is 213 g/mol. The molecule has 0 bridgehead atoms. The Morgan fingerprint density at radius 2 is 2.36 bits per heavy atom. The summed E-state index contributed by atoms with van der Waals surface area (Å²) in [5.41, 5.74) is 2.14. The topological polar surface area (TPSA) is 12.0 Å². The Labute approximate surface area is 88.3 Å². The molecule has 1 N–H and O–H groups in total. The first-order valence-electron chi connectivity index (χ1n) is 4.93.